The van der Waals surface area contributed by atoms with Crippen molar-refractivity contribution in [2.24, 2.45) is 0 Å². The second-order valence-corrected chi connectivity index (χ2v) is 8.57. The molecule has 1 aromatic heterocycles. The highest BCUT2D eigenvalue weighted by molar-refractivity contribution is 5.88. The van der Waals surface area contributed by atoms with Crippen LogP contribution in [0.3, 0.4) is 0 Å². The SMILES string of the molecule is C=C(COc1cccc2ccccc12)CN(CCCn1ccnc1)C(=O)OC(C)(C)C. The van der Waals surface area contributed by atoms with E-state index < -0.39 is 5.60 Å². The average molecular weight is 422 g/mol. The largest absolute Gasteiger partial charge is 0.489 e. The van der Waals surface area contributed by atoms with E-state index in [1.54, 1.807) is 17.4 Å². The molecule has 6 heteroatoms. The van der Waals surface area contributed by atoms with E-state index in [4.69, 9.17) is 9.47 Å². The molecule has 3 rings (SSSR count). The fourth-order valence-corrected chi connectivity index (χ4v) is 3.24. The highest BCUT2D eigenvalue weighted by Crippen LogP contribution is 2.25. The molecule has 0 saturated heterocycles. The van der Waals surface area contributed by atoms with Crippen LogP contribution in [0.25, 0.3) is 10.8 Å². The molecule has 164 valence electrons. The number of aromatic nitrogens is 2. The number of imidazole rings is 1. The molecular formula is C25H31N3O3. The Morgan fingerprint density at radius 2 is 1.94 bits per heavy atom. The van der Waals surface area contributed by atoms with Gasteiger partial charge < -0.3 is 18.9 Å². The molecule has 0 aliphatic carbocycles. The number of carbonyl (C=O) groups excluding carboxylic acids is 1. The van der Waals surface area contributed by atoms with Gasteiger partial charge >= 0.3 is 6.09 Å². The van der Waals surface area contributed by atoms with Crippen LogP contribution in [0.1, 0.15) is 27.2 Å². The van der Waals surface area contributed by atoms with Crippen molar-refractivity contribution in [1.82, 2.24) is 14.5 Å². The Balaban J connectivity index is 1.60. The summed E-state index contributed by atoms with van der Waals surface area (Å²) in [5.74, 6) is 0.808. The molecular weight excluding hydrogens is 390 g/mol. The molecule has 0 atom stereocenters. The van der Waals surface area contributed by atoms with Crippen LogP contribution in [0.2, 0.25) is 0 Å². The van der Waals surface area contributed by atoms with Crippen LogP contribution >= 0.6 is 0 Å². The molecule has 0 aliphatic rings. The summed E-state index contributed by atoms with van der Waals surface area (Å²) in [5.41, 5.74) is 0.252. The molecule has 0 bridgehead atoms. The molecule has 3 aromatic rings. The highest BCUT2D eigenvalue weighted by atomic mass is 16.6. The lowest BCUT2D eigenvalue weighted by molar-refractivity contribution is 0.0260. The van der Waals surface area contributed by atoms with E-state index in [0.29, 0.717) is 19.7 Å². The number of fused-ring (bicyclic) bond motifs is 1. The van der Waals surface area contributed by atoms with Gasteiger partial charge in [-0.05, 0) is 44.2 Å². The van der Waals surface area contributed by atoms with Crippen molar-refractivity contribution in [1.29, 1.82) is 0 Å². The van der Waals surface area contributed by atoms with Crippen LogP contribution in [-0.4, -0.2) is 45.8 Å². The van der Waals surface area contributed by atoms with Gasteiger partial charge in [0.05, 0.1) is 6.33 Å². The second kappa shape index (κ2) is 10.2. The standard InChI is InChI=1S/C25H31N3O3/c1-20(18-30-23-12-7-10-21-9-5-6-11-22(21)23)17-28(24(29)31-25(2,3)4)15-8-14-27-16-13-26-19-27/h5-7,9-13,16,19H,1,8,14-15,17-18H2,2-4H3. The minimum absolute atomic E-state index is 0.328. The molecule has 31 heavy (non-hydrogen) atoms. The van der Waals surface area contributed by atoms with E-state index in [1.165, 1.54) is 0 Å². The van der Waals surface area contributed by atoms with Crippen molar-refractivity contribution in [3.05, 3.63) is 73.3 Å². The fraction of sp³-hybridized carbons (Fsp3) is 0.360. The molecule has 2 aromatic carbocycles. The zero-order chi connectivity index (χ0) is 22.3. The third-order valence-corrected chi connectivity index (χ3v) is 4.65. The summed E-state index contributed by atoms with van der Waals surface area (Å²) in [6.45, 7) is 11.8. The Morgan fingerprint density at radius 3 is 2.68 bits per heavy atom. The number of hydrogen-bond donors (Lipinski definition) is 0. The van der Waals surface area contributed by atoms with Crippen molar-refractivity contribution in [3.8, 4) is 5.75 Å². The van der Waals surface area contributed by atoms with Crippen molar-refractivity contribution < 1.29 is 14.3 Å². The van der Waals surface area contributed by atoms with E-state index in [1.807, 2.05) is 61.9 Å². The fourth-order valence-electron chi connectivity index (χ4n) is 3.24. The lowest BCUT2D eigenvalue weighted by Gasteiger charge is -2.28. The maximum Gasteiger partial charge on any atom is 0.410 e. The van der Waals surface area contributed by atoms with Crippen LogP contribution in [0.15, 0.2) is 73.3 Å². The molecule has 0 fully saturated rings. The van der Waals surface area contributed by atoms with Gasteiger partial charge in [0, 0.05) is 37.4 Å². The summed E-state index contributed by atoms with van der Waals surface area (Å²) in [5, 5.41) is 2.18. The first-order chi connectivity index (χ1) is 14.8. The summed E-state index contributed by atoms with van der Waals surface area (Å²) in [6, 6.07) is 14.1. The normalized spacial score (nSPS) is 11.3. The highest BCUT2D eigenvalue weighted by Gasteiger charge is 2.22. The summed E-state index contributed by atoms with van der Waals surface area (Å²) in [4.78, 5) is 18.5. The quantitative estimate of drug-likeness (QED) is 0.440. The van der Waals surface area contributed by atoms with E-state index in [0.717, 1.165) is 35.1 Å². The van der Waals surface area contributed by atoms with Crippen molar-refractivity contribution in [2.45, 2.75) is 39.3 Å². The van der Waals surface area contributed by atoms with Gasteiger partial charge in [0.2, 0.25) is 0 Å². The van der Waals surface area contributed by atoms with E-state index in [-0.39, 0.29) is 6.09 Å². The number of hydrogen-bond acceptors (Lipinski definition) is 4. The van der Waals surface area contributed by atoms with Crippen LogP contribution in [-0.2, 0) is 11.3 Å². The molecule has 0 spiro atoms. The number of aryl methyl sites for hydroxylation is 1. The van der Waals surface area contributed by atoms with E-state index in [2.05, 4.69) is 23.7 Å². The zero-order valence-corrected chi connectivity index (χ0v) is 18.6. The first-order valence-electron chi connectivity index (χ1n) is 10.5. The lowest BCUT2D eigenvalue weighted by atomic mass is 10.1. The van der Waals surface area contributed by atoms with Crippen molar-refractivity contribution in [3.63, 3.8) is 0 Å². The minimum atomic E-state index is -0.555. The summed E-state index contributed by atoms with van der Waals surface area (Å²) >= 11 is 0. The monoisotopic (exact) mass is 421 g/mol. The predicted molar refractivity (Wildman–Crippen MR) is 123 cm³/mol. The molecule has 0 unspecified atom stereocenters. The second-order valence-electron chi connectivity index (χ2n) is 8.57. The van der Waals surface area contributed by atoms with Gasteiger partial charge in [-0.1, -0.05) is 43.0 Å². The van der Waals surface area contributed by atoms with Gasteiger partial charge in [0.1, 0.15) is 18.0 Å². The number of carbonyl (C=O) groups is 1. The Bertz CT molecular complexity index is 1000. The smallest absolute Gasteiger partial charge is 0.410 e. The number of amides is 1. The lowest BCUT2D eigenvalue weighted by Crippen LogP contribution is -2.39. The summed E-state index contributed by atoms with van der Waals surface area (Å²) in [7, 11) is 0. The van der Waals surface area contributed by atoms with Crippen LogP contribution in [0.4, 0.5) is 4.79 Å². The summed E-state index contributed by atoms with van der Waals surface area (Å²) < 4.78 is 13.6. The Kier molecular flexibility index (Phi) is 7.34. The van der Waals surface area contributed by atoms with Crippen LogP contribution in [0, 0.1) is 0 Å². The number of rotatable bonds is 9. The van der Waals surface area contributed by atoms with Crippen LogP contribution < -0.4 is 4.74 Å². The number of benzene rings is 2. The van der Waals surface area contributed by atoms with Gasteiger partial charge in [0.15, 0.2) is 0 Å². The predicted octanol–water partition coefficient (Wildman–Crippen LogP) is 5.30. The molecule has 0 radical (unpaired) electrons. The topological polar surface area (TPSA) is 56.6 Å². The Morgan fingerprint density at radius 1 is 1.16 bits per heavy atom. The molecule has 0 aliphatic heterocycles. The van der Waals surface area contributed by atoms with Crippen molar-refractivity contribution in [2.75, 3.05) is 19.7 Å². The molecule has 1 heterocycles. The molecule has 0 N–H and O–H groups in total. The average Bonchev–Trinajstić information content (AvgIpc) is 3.23. The number of ether oxygens (including phenoxy) is 2. The third-order valence-electron chi connectivity index (χ3n) is 4.65. The van der Waals surface area contributed by atoms with Gasteiger partial charge in [-0.25, -0.2) is 9.78 Å². The molecule has 0 saturated carbocycles. The van der Waals surface area contributed by atoms with Gasteiger partial charge in [-0.3, -0.25) is 0 Å². The zero-order valence-electron chi connectivity index (χ0n) is 18.6. The van der Waals surface area contributed by atoms with Gasteiger partial charge in [-0.15, -0.1) is 0 Å². The first-order valence-corrected chi connectivity index (χ1v) is 10.5. The molecule has 6 nitrogen and oxygen atoms in total. The van der Waals surface area contributed by atoms with Crippen molar-refractivity contribution >= 4 is 16.9 Å². The van der Waals surface area contributed by atoms with E-state index >= 15 is 0 Å². The third kappa shape index (κ3) is 6.88. The maximum atomic E-state index is 12.7. The first kappa shape index (κ1) is 22.4. The molecule has 1 amide bonds. The van der Waals surface area contributed by atoms with E-state index in [9.17, 15) is 4.79 Å². The Labute approximate surface area is 184 Å². The van der Waals surface area contributed by atoms with Gasteiger partial charge in [-0.2, -0.15) is 0 Å². The van der Waals surface area contributed by atoms with Crippen LogP contribution in [0.5, 0.6) is 5.75 Å². The Hall–Kier alpha value is -3.28. The number of nitrogens with zero attached hydrogens (tertiary/aromatic N) is 3. The summed E-state index contributed by atoms with van der Waals surface area (Å²) in [6.07, 6.45) is 5.87. The maximum absolute atomic E-state index is 12.7. The minimum Gasteiger partial charge on any atom is -0.489 e. The van der Waals surface area contributed by atoms with Gasteiger partial charge in [0.25, 0.3) is 0 Å².